The van der Waals surface area contributed by atoms with Crippen molar-refractivity contribution in [3.8, 4) is 5.75 Å². The zero-order valence-corrected chi connectivity index (χ0v) is 11.0. The van der Waals surface area contributed by atoms with E-state index < -0.39 is 0 Å². The second-order valence-electron chi connectivity index (χ2n) is 4.89. The van der Waals surface area contributed by atoms with Gasteiger partial charge in [0.2, 0.25) is 0 Å². The lowest BCUT2D eigenvalue weighted by Gasteiger charge is -2.42. The molecule has 1 aliphatic carbocycles. The molecule has 98 valence electrons. The van der Waals surface area contributed by atoms with E-state index >= 15 is 0 Å². The van der Waals surface area contributed by atoms with Gasteiger partial charge < -0.3 is 15.8 Å². The number of nitrogens with one attached hydrogen (secondary N) is 1. The molecular weight excluding hydrogens is 228 g/mol. The lowest BCUT2D eigenvalue weighted by atomic mass is 9.74. The molecule has 1 fully saturated rings. The van der Waals surface area contributed by atoms with Crippen molar-refractivity contribution in [2.24, 2.45) is 0 Å². The van der Waals surface area contributed by atoms with E-state index in [1.54, 1.807) is 25.3 Å². The summed E-state index contributed by atoms with van der Waals surface area (Å²) in [5.41, 5.74) is 6.81. The number of nitrogen functional groups attached to an aromatic ring is 1. The van der Waals surface area contributed by atoms with E-state index in [1.807, 2.05) is 0 Å². The molecule has 1 aromatic carbocycles. The lowest BCUT2D eigenvalue weighted by molar-refractivity contribution is 0.0821. The van der Waals surface area contributed by atoms with E-state index in [-0.39, 0.29) is 11.4 Å². The third kappa shape index (κ3) is 2.28. The first kappa shape index (κ1) is 12.7. The first-order valence-electron chi connectivity index (χ1n) is 6.36. The Morgan fingerprint density at radius 1 is 1.50 bits per heavy atom. The fourth-order valence-corrected chi connectivity index (χ4v) is 2.34. The highest BCUT2D eigenvalue weighted by molar-refractivity contribution is 6.00. The van der Waals surface area contributed by atoms with Crippen molar-refractivity contribution in [3.63, 3.8) is 0 Å². The molecule has 0 atom stereocenters. The molecule has 1 aromatic rings. The first-order valence-corrected chi connectivity index (χ1v) is 6.36. The van der Waals surface area contributed by atoms with Crippen molar-refractivity contribution in [2.75, 3.05) is 12.8 Å². The Hall–Kier alpha value is -1.71. The number of amides is 1. The molecule has 1 amide bonds. The standard InChI is InChI=1S/C14H20N2O2/c1-3-14(7-4-8-14)16-13(17)11-9-10(18-2)5-6-12(11)15/h5-6,9H,3-4,7-8,15H2,1-2H3,(H,16,17). The van der Waals surface area contributed by atoms with Crippen LogP contribution in [0.15, 0.2) is 18.2 Å². The second-order valence-corrected chi connectivity index (χ2v) is 4.89. The summed E-state index contributed by atoms with van der Waals surface area (Å²) >= 11 is 0. The minimum Gasteiger partial charge on any atom is -0.497 e. The van der Waals surface area contributed by atoms with Crippen molar-refractivity contribution in [2.45, 2.75) is 38.1 Å². The second kappa shape index (κ2) is 4.88. The average Bonchev–Trinajstić information content (AvgIpc) is 2.34. The molecule has 4 heteroatoms. The molecule has 0 aromatic heterocycles. The molecule has 0 heterocycles. The molecule has 0 aliphatic heterocycles. The number of benzene rings is 1. The highest BCUT2D eigenvalue weighted by Gasteiger charge is 2.36. The quantitative estimate of drug-likeness (QED) is 0.804. The van der Waals surface area contributed by atoms with Crippen LogP contribution in [0.4, 0.5) is 5.69 Å². The summed E-state index contributed by atoms with van der Waals surface area (Å²) < 4.78 is 5.12. The van der Waals surface area contributed by atoms with Gasteiger partial charge in [-0.2, -0.15) is 0 Å². The van der Waals surface area contributed by atoms with E-state index in [0.29, 0.717) is 17.0 Å². The van der Waals surface area contributed by atoms with Crippen LogP contribution in [0.3, 0.4) is 0 Å². The van der Waals surface area contributed by atoms with E-state index in [2.05, 4.69) is 12.2 Å². The third-order valence-electron chi connectivity index (χ3n) is 3.87. The molecule has 4 nitrogen and oxygen atoms in total. The number of carbonyl (C=O) groups is 1. The zero-order valence-electron chi connectivity index (χ0n) is 11.0. The topological polar surface area (TPSA) is 64.3 Å². The number of nitrogens with two attached hydrogens (primary N) is 1. The minimum atomic E-state index is -0.104. The minimum absolute atomic E-state index is 0.0212. The number of methoxy groups -OCH3 is 1. The first-order chi connectivity index (χ1) is 8.60. The highest BCUT2D eigenvalue weighted by Crippen LogP contribution is 2.35. The maximum absolute atomic E-state index is 12.3. The largest absolute Gasteiger partial charge is 0.497 e. The van der Waals surface area contributed by atoms with Gasteiger partial charge in [0, 0.05) is 11.2 Å². The zero-order chi connectivity index (χ0) is 13.2. The Balaban J connectivity index is 2.18. The van der Waals surface area contributed by atoms with Crippen molar-refractivity contribution < 1.29 is 9.53 Å². The van der Waals surface area contributed by atoms with Crippen LogP contribution in [-0.4, -0.2) is 18.6 Å². The fraction of sp³-hybridized carbons (Fsp3) is 0.500. The molecule has 0 unspecified atom stereocenters. The van der Waals surface area contributed by atoms with Crippen LogP contribution < -0.4 is 15.8 Å². The van der Waals surface area contributed by atoms with Gasteiger partial charge in [0.05, 0.1) is 12.7 Å². The Labute approximate surface area is 108 Å². The number of hydrogen-bond acceptors (Lipinski definition) is 3. The van der Waals surface area contributed by atoms with Gasteiger partial charge in [-0.15, -0.1) is 0 Å². The monoisotopic (exact) mass is 248 g/mol. The van der Waals surface area contributed by atoms with Crippen LogP contribution in [0.5, 0.6) is 5.75 Å². The van der Waals surface area contributed by atoms with Gasteiger partial charge in [-0.25, -0.2) is 0 Å². The molecule has 0 saturated heterocycles. The van der Waals surface area contributed by atoms with Crippen molar-refractivity contribution in [1.82, 2.24) is 5.32 Å². The molecule has 0 spiro atoms. The average molecular weight is 248 g/mol. The number of anilines is 1. The Bertz CT molecular complexity index is 448. The van der Waals surface area contributed by atoms with Crippen molar-refractivity contribution in [3.05, 3.63) is 23.8 Å². The van der Waals surface area contributed by atoms with Gasteiger partial charge in [0.15, 0.2) is 0 Å². The Kier molecular flexibility index (Phi) is 3.45. The van der Waals surface area contributed by atoms with Gasteiger partial charge in [-0.3, -0.25) is 4.79 Å². The van der Waals surface area contributed by atoms with Crippen LogP contribution in [0.1, 0.15) is 43.0 Å². The third-order valence-corrected chi connectivity index (χ3v) is 3.87. The summed E-state index contributed by atoms with van der Waals surface area (Å²) in [5.74, 6) is 0.543. The van der Waals surface area contributed by atoms with Crippen molar-refractivity contribution >= 4 is 11.6 Å². The SMILES string of the molecule is CCC1(NC(=O)c2cc(OC)ccc2N)CCC1. The molecule has 2 rings (SSSR count). The number of hydrogen-bond donors (Lipinski definition) is 2. The maximum Gasteiger partial charge on any atom is 0.253 e. The Morgan fingerprint density at radius 3 is 2.72 bits per heavy atom. The number of rotatable bonds is 4. The summed E-state index contributed by atoms with van der Waals surface area (Å²) in [6.07, 6.45) is 4.25. The lowest BCUT2D eigenvalue weighted by Crippen LogP contribution is -2.53. The molecular formula is C14H20N2O2. The van der Waals surface area contributed by atoms with Crippen LogP contribution in [0.2, 0.25) is 0 Å². The van der Waals surface area contributed by atoms with Crippen LogP contribution in [0, 0.1) is 0 Å². The molecule has 3 N–H and O–H groups in total. The molecule has 1 saturated carbocycles. The van der Waals surface area contributed by atoms with Crippen molar-refractivity contribution in [1.29, 1.82) is 0 Å². The van der Waals surface area contributed by atoms with Gasteiger partial charge >= 0.3 is 0 Å². The maximum atomic E-state index is 12.3. The van der Waals surface area contributed by atoms with E-state index in [9.17, 15) is 4.79 Å². The van der Waals surface area contributed by atoms with Gasteiger partial charge in [0.1, 0.15) is 5.75 Å². The number of carbonyl (C=O) groups excluding carboxylic acids is 1. The molecule has 18 heavy (non-hydrogen) atoms. The summed E-state index contributed by atoms with van der Waals surface area (Å²) in [5, 5.41) is 3.11. The predicted molar refractivity (Wildman–Crippen MR) is 71.7 cm³/mol. The van der Waals surface area contributed by atoms with Gasteiger partial charge in [0.25, 0.3) is 5.91 Å². The predicted octanol–water partition coefficient (Wildman–Crippen LogP) is 2.34. The summed E-state index contributed by atoms with van der Waals surface area (Å²) in [6.45, 7) is 2.11. The van der Waals surface area contributed by atoms with Crippen LogP contribution in [0.25, 0.3) is 0 Å². The highest BCUT2D eigenvalue weighted by atomic mass is 16.5. The van der Waals surface area contributed by atoms with Gasteiger partial charge in [-0.1, -0.05) is 6.92 Å². The smallest absolute Gasteiger partial charge is 0.253 e. The molecule has 0 bridgehead atoms. The normalized spacial score (nSPS) is 16.8. The van der Waals surface area contributed by atoms with Gasteiger partial charge in [-0.05, 0) is 43.9 Å². The molecule has 1 aliphatic rings. The van der Waals surface area contributed by atoms with E-state index in [1.165, 1.54) is 6.42 Å². The summed E-state index contributed by atoms with van der Waals surface area (Å²) in [7, 11) is 1.58. The van der Waals surface area contributed by atoms with E-state index in [4.69, 9.17) is 10.5 Å². The summed E-state index contributed by atoms with van der Waals surface area (Å²) in [4.78, 5) is 12.3. The van der Waals surface area contributed by atoms with Crippen LogP contribution in [-0.2, 0) is 0 Å². The van der Waals surface area contributed by atoms with E-state index in [0.717, 1.165) is 19.3 Å². The number of ether oxygens (including phenoxy) is 1. The molecule has 0 radical (unpaired) electrons. The fourth-order valence-electron chi connectivity index (χ4n) is 2.34. The Morgan fingerprint density at radius 2 is 2.22 bits per heavy atom. The van der Waals surface area contributed by atoms with Crippen LogP contribution >= 0.6 is 0 Å². The summed E-state index contributed by atoms with van der Waals surface area (Å²) in [6, 6.07) is 5.14.